The van der Waals surface area contributed by atoms with Gasteiger partial charge in [-0.3, -0.25) is 9.78 Å². The van der Waals surface area contributed by atoms with Gasteiger partial charge in [0.05, 0.1) is 5.51 Å². The molecule has 1 aromatic rings. The van der Waals surface area contributed by atoms with E-state index in [4.69, 9.17) is 4.74 Å². The van der Waals surface area contributed by atoms with Crippen molar-refractivity contribution in [1.82, 2.24) is 9.88 Å². The Hall–Kier alpha value is -0.940. The van der Waals surface area contributed by atoms with Crippen molar-refractivity contribution >= 4 is 17.2 Å². The van der Waals surface area contributed by atoms with Crippen LogP contribution in [0.4, 0.5) is 0 Å². The van der Waals surface area contributed by atoms with Crippen LogP contribution in [0.25, 0.3) is 0 Å². The van der Waals surface area contributed by atoms with Gasteiger partial charge in [-0.05, 0) is 19.3 Å². The predicted molar refractivity (Wildman–Crippen MR) is 67.0 cm³/mol. The molecule has 2 heterocycles. The van der Waals surface area contributed by atoms with E-state index in [-0.39, 0.29) is 5.91 Å². The Bertz CT molecular complexity index is 347. The molecule has 94 valence electrons. The molecule has 0 N–H and O–H groups in total. The van der Waals surface area contributed by atoms with E-state index in [1.54, 1.807) is 11.3 Å². The van der Waals surface area contributed by atoms with Crippen LogP contribution in [0.2, 0.25) is 0 Å². The lowest BCUT2D eigenvalue weighted by molar-refractivity contribution is -0.133. The molecule has 0 radical (unpaired) electrons. The van der Waals surface area contributed by atoms with Crippen LogP contribution in [-0.4, -0.2) is 42.1 Å². The molecule has 1 aliphatic heterocycles. The first-order chi connectivity index (χ1) is 8.27. The molecule has 0 atom stereocenters. The highest BCUT2D eigenvalue weighted by molar-refractivity contribution is 7.09. The molecule has 1 fully saturated rings. The summed E-state index contributed by atoms with van der Waals surface area (Å²) >= 11 is 1.61. The second kappa shape index (κ2) is 6.12. The van der Waals surface area contributed by atoms with Gasteiger partial charge in [-0.15, -0.1) is 11.3 Å². The number of hydrogen-bond acceptors (Lipinski definition) is 4. The quantitative estimate of drug-likeness (QED) is 0.821. The lowest BCUT2D eigenvalue weighted by Crippen LogP contribution is -2.40. The third-order valence-electron chi connectivity index (χ3n) is 3.20. The molecule has 1 amide bonds. The molecule has 4 nitrogen and oxygen atoms in total. The van der Waals surface area contributed by atoms with E-state index in [1.165, 1.54) is 4.88 Å². The fourth-order valence-electron chi connectivity index (χ4n) is 2.05. The van der Waals surface area contributed by atoms with Crippen molar-refractivity contribution in [2.45, 2.75) is 31.7 Å². The topological polar surface area (TPSA) is 42.4 Å². The van der Waals surface area contributed by atoms with Gasteiger partial charge in [0.2, 0.25) is 5.91 Å². The average Bonchev–Trinajstić information content (AvgIpc) is 2.89. The highest BCUT2D eigenvalue weighted by Gasteiger charge is 2.22. The number of carbonyl (C=O) groups is 1. The minimum Gasteiger partial charge on any atom is -0.381 e. The SMILES string of the molecule is CN(C(=O)CCc1cncs1)C1CCOCC1. The summed E-state index contributed by atoms with van der Waals surface area (Å²) in [6, 6.07) is 0.359. The van der Waals surface area contributed by atoms with E-state index in [0.29, 0.717) is 12.5 Å². The number of carbonyl (C=O) groups excluding carboxylic acids is 1. The van der Waals surface area contributed by atoms with E-state index < -0.39 is 0 Å². The maximum Gasteiger partial charge on any atom is 0.222 e. The van der Waals surface area contributed by atoms with E-state index in [2.05, 4.69) is 4.98 Å². The van der Waals surface area contributed by atoms with Crippen LogP contribution in [0.5, 0.6) is 0 Å². The predicted octanol–water partition coefficient (Wildman–Crippen LogP) is 1.71. The first-order valence-corrected chi connectivity index (χ1v) is 6.86. The number of hydrogen-bond donors (Lipinski definition) is 0. The minimum atomic E-state index is 0.227. The molecule has 0 bridgehead atoms. The van der Waals surface area contributed by atoms with Crippen molar-refractivity contribution in [3.05, 3.63) is 16.6 Å². The number of aromatic nitrogens is 1. The number of thiazole rings is 1. The van der Waals surface area contributed by atoms with Crippen LogP contribution in [0.3, 0.4) is 0 Å². The Morgan fingerprint density at radius 3 is 3.00 bits per heavy atom. The van der Waals surface area contributed by atoms with Crippen molar-refractivity contribution < 1.29 is 9.53 Å². The van der Waals surface area contributed by atoms with Gasteiger partial charge >= 0.3 is 0 Å². The largest absolute Gasteiger partial charge is 0.381 e. The third kappa shape index (κ3) is 3.51. The van der Waals surface area contributed by atoms with Crippen LogP contribution >= 0.6 is 11.3 Å². The first kappa shape index (κ1) is 12.5. The molecular weight excluding hydrogens is 236 g/mol. The Morgan fingerprint density at radius 1 is 1.59 bits per heavy atom. The molecule has 0 spiro atoms. The number of nitrogens with zero attached hydrogens (tertiary/aromatic N) is 2. The van der Waals surface area contributed by atoms with Gasteiger partial charge in [0.25, 0.3) is 0 Å². The van der Waals surface area contributed by atoms with Crippen molar-refractivity contribution in [1.29, 1.82) is 0 Å². The monoisotopic (exact) mass is 254 g/mol. The van der Waals surface area contributed by atoms with E-state index in [0.717, 1.165) is 32.5 Å². The maximum atomic E-state index is 12.0. The summed E-state index contributed by atoms with van der Waals surface area (Å²) in [5, 5.41) is 0. The molecule has 1 aromatic heterocycles. The summed E-state index contributed by atoms with van der Waals surface area (Å²) in [4.78, 5) is 19.1. The van der Waals surface area contributed by atoms with Gasteiger partial charge in [-0.25, -0.2) is 0 Å². The maximum absolute atomic E-state index is 12.0. The Kier molecular flexibility index (Phi) is 4.50. The lowest BCUT2D eigenvalue weighted by Gasteiger charge is -2.31. The fraction of sp³-hybridized carbons (Fsp3) is 0.667. The van der Waals surface area contributed by atoms with Crippen LogP contribution in [0.15, 0.2) is 11.7 Å². The highest BCUT2D eigenvalue weighted by Crippen LogP contribution is 2.15. The molecule has 0 aromatic carbocycles. The normalized spacial score (nSPS) is 17.0. The first-order valence-electron chi connectivity index (χ1n) is 5.98. The second-order valence-electron chi connectivity index (χ2n) is 4.32. The van der Waals surface area contributed by atoms with Gasteiger partial charge in [-0.1, -0.05) is 0 Å². The zero-order valence-corrected chi connectivity index (χ0v) is 10.9. The molecule has 0 unspecified atom stereocenters. The molecule has 1 saturated heterocycles. The molecule has 2 rings (SSSR count). The molecule has 0 aliphatic carbocycles. The second-order valence-corrected chi connectivity index (χ2v) is 5.29. The Morgan fingerprint density at radius 2 is 2.35 bits per heavy atom. The van der Waals surface area contributed by atoms with E-state index in [9.17, 15) is 4.79 Å². The number of aryl methyl sites for hydroxylation is 1. The van der Waals surface area contributed by atoms with Crippen molar-refractivity contribution in [3.8, 4) is 0 Å². The molecule has 0 saturated carbocycles. The molecular formula is C12H18N2O2S. The molecule has 1 aliphatic rings. The van der Waals surface area contributed by atoms with E-state index >= 15 is 0 Å². The van der Waals surface area contributed by atoms with Crippen LogP contribution in [-0.2, 0) is 16.0 Å². The van der Waals surface area contributed by atoms with Crippen molar-refractivity contribution in [2.75, 3.05) is 20.3 Å². The highest BCUT2D eigenvalue weighted by atomic mass is 32.1. The molecule has 5 heteroatoms. The Balaban J connectivity index is 1.78. The smallest absolute Gasteiger partial charge is 0.222 e. The summed E-state index contributed by atoms with van der Waals surface area (Å²) in [6.07, 6.45) is 5.14. The zero-order chi connectivity index (χ0) is 12.1. The average molecular weight is 254 g/mol. The van der Waals surface area contributed by atoms with Crippen LogP contribution in [0.1, 0.15) is 24.1 Å². The van der Waals surface area contributed by atoms with Gasteiger partial charge in [-0.2, -0.15) is 0 Å². The van der Waals surface area contributed by atoms with Gasteiger partial charge in [0, 0.05) is 43.8 Å². The van der Waals surface area contributed by atoms with Crippen molar-refractivity contribution in [2.24, 2.45) is 0 Å². The van der Waals surface area contributed by atoms with Gasteiger partial charge < -0.3 is 9.64 Å². The van der Waals surface area contributed by atoms with Gasteiger partial charge in [0.15, 0.2) is 0 Å². The standard InChI is InChI=1S/C12H18N2O2S/c1-14(10-4-6-16-7-5-10)12(15)3-2-11-8-13-9-17-11/h8-10H,2-7H2,1H3. The summed E-state index contributed by atoms with van der Waals surface area (Å²) in [6.45, 7) is 1.55. The number of rotatable bonds is 4. The zero-order valence-electron chi connectivity index (χ0n) is 10.1. The molecule has 17 heavy (non-hydrogen) atoms. The van der Waals surface area contributed by atoms with Crippen LogP contribution in [0, 0.1) is 0 Å². The summed E-state index contributed by atoms with van der Waals surface area (Å²) in [7, 11) is 1.91. The number of ether oxygens (including phenoxy) is 1. The summed E-state index contributed by atoms with van der Waals surface area (Å²) in [5.74, 6) is 0.227. The summed E-state index contributed by atoms with van der Waals surface area (Å²) in [5.41, 5.74) is 1.81. The minimum absolute atomic E-state index is 0.227. The summed E-state index contributed by atoms with van der Waals surface area (Å²) < 4.78 is 5.30. The van der Waals surface area contributed by atoms with Crippen molar-refractivity contribution in [3.63, 3.8) is 0 Å². The van der Waals surface area contributed by atoms with Gasteiger partial charge in [0.1, 0.15) is 0 Å². The Labute approximate surface area is 106 Å². The van der Waals surface area contributed by atoms with Crippen LogP contribution < -0.4 is 0 Å². The lowest BCUT2D eigenvalue weighted by atomic mass is 10.1. The third-order valence-corrected chi connectivity index (χ3v) is 4.04. The fourth-order valence-corrected chi connectivity index (χ4v) is 2.65. The van der Waals surface area contributed by atoms with E-state index in [1.807, 2.05) is 23.7 Å². The number of amides is 1.